The first-order chi connectivity index (χ1) is 13.7. The van der Waals surface area contributed by atoms with Crippen molar-refractivity contribution >= 4 is 21.7 Å². The molecule has 148 valence electrons. The molecule has 28 heavy (non-hydrogen) atoms. The number of benzene rings is 1. The molecule has 0 bridgehead atoms. The van der Waals surface area contributed by atoms with E-state index in [1.54, 1.807) is 7.11 Å². The zero-order valence-electron chi connectivity index (χ0n) is 16.6. The standard InChI is InChI=1S/C23H28BrN3O/c1-28-21-13-12-16(24)14-18(21)22-17-10-8-6-4-2-3-5-7-9-11-20(17)27-23(26)19(22)15-25/h12-14H,2-11H2,1H3,(H2,26,27). The van der Waals surface area contributed by atoms with Crippen LogP contribution in [0.1, 0.15) is 68.2 Å². The Morgan fingerprint density at radius 1 is 1.04 bits per heavy atom. The van der Waals surface area contributed by atoms with Crippen molar-refractivity contribution in [2.45, 2.75) is 64.2 Å². The number of nitriles is 1. The van der Waals surface area contributed by atoms with Crippen LogP contribution in [0.5, 0.6) is 5.75 Å². The fourth-order valence-electron chi connectivity index (χ4n) is 4.11. The molecule has 0 saturated carbocycles. The summed E-state index contributed by atoms with van der Waals surface area (Å²) in [6.45, 7) is 0. The van der Waals surface area contributed by atoms with Crippen molar-refractivity contribution in [3.63, 3.8) is 0 Å². The number of ether oxygens (including phenoxy) is 1. The Morgan fingerprint density at radius 2 is 1.68 bits per heavy atom. The van der Waals surface area contributed by atoms with Crippen LogP contribution in [0.2, 0.25) is 0 Å². The topological polar surface area (TPSA) is 71.9 Å². The molecule has 0 unspecified atom stereocenters. The molecule has 1 aliphatic carbocycles. The first-order valence-electron chi connectivity index (χ1n) is 10.2. The minimum atomic E-state index is 0.324. The summed E-state index contributed by atoms with van der Waals surface area (Å²) in [6.07, 6.45) is 11.7. The molecule has 2 aromatic rings. The highest BCUT2D eigenvalue weighted by atomic mass is 79.9. The van der Waals surface area contributed by atoms with Gasteiger partial charge in [-0.1, -0.05) is 54.5 Å². The highest BCUT2D eigenvalue weighted by Gasteiger charge is 2.22. The van der Waals surface area contributed by atoms with Crippen LogP contribution in [0.15, 0.2) is 22.7 Å². The van der Waals surface area contributed by atoms with E-state index in [0.717, 1.165) is 52.7 Å². The van der Waals surface area contributed by atoms with Gasteiger partial charge in [0.25, 0.3) is 0 Å². The molecule has 0 fully saturated rings. The molecule has 1 aliphatic rings. The Balaban J connectivity index is 2.19. The Labute approximate surface area is 176 Å². The smallest absolute Gasteiger partial charge is 0.142 e. The summed E-state index contributed by atoms with van der Waals surface area (Å²) in [5, 5.41) is 9.88. The summed E-state index contributed by atoms with van der Waals surface area (Å²) in [4.78, 5) is 4.68. The summed E-state index contributed by atoms with van der Waals surface area (Å²) in [6, 6.07) is 8.21. The average Bonchev–Trinajstić information content (AvgIpc) is 2.68. The number of rotatable bonds is 2. The maximum atomic E-state index is 9.88. The van der Waals surface area contributed by atoms with Crippen molar-refractivity contribution in [2.24, 2.45) is 0 Å². The predicted octanol–water partition coefficient (Wildman–Crippen LogP) is 6.19. The molecule has 4 nitrogen and oxygen atoms in total. The Bertz CT molecular complexity index is 873. The normalized spacial score (nSPS) is 15.6. The second-order valence-corrected chi connectivity index (χ2v) is 8.37. The number of fused-ring (bicyclic) bond motifs is 1. The minimum absolute atomic E-state index is 0.324. The molecule has 0 radical (unpaired) electrons. The summed E-state index contributed by atoms with van der Waals surface area (Å²) in [5.74, 6) is 1.07. The molecule has 3 rings (SSSR count). The quantitative estimate of drug-likeness (QED) is 0.602. The fraction of sp³-hybridized carbons (Fsp3) is 0.478. The lowest BCUT2D eigenvalue weighted by molar-refractivity contribution is 0.416. The van der Waals surface area contributed by atoms with Gasteiger partial charge in [0.1, 0.15) is 23.2 Å². The van der Waals surface area contributed by atoms with Crippen LogP contribution in [-0.2, 0) is 12.8 Å². The van der Waals surface area contributed by atoms with Gasteiger partial charge in [-0.3, -0.25) is 0 Å². The number of pyridine rings is 1. The number of nitrogens with two attached hydrogens (primary N) is 1. The summed E-state index contributed by atoms with van der Waals surface area (Å²) in [7, 11) is 1.66. The van der Waals surface area contributed by atoms with E-state index in [4.69, 9.17) is 10.5 Å². The summed E-state index contributed by atoms with van der Waals surface area (Å²) >= 11 is 3.57. The van der Waals surface area contributed by atoms with Gasteiger partial charge in [-0.05, 0) is 49.4 Å². The lowest BCUT2D eigenvalue weighted by Gasteiger charge is -2.20. The molecule has 5 heteroatoms. The predicted molar refractivity (Wildman–Crippen MR) is 117 cm³/mol. The monoisotopic (exact) mass is 441 g/mol. The fourth-order valence-corrected chi connectivity index (χ4v) is 4.47. The SMILES string of the molecule is COc1ccc(Br)cc1-c1c(C#N)c(N)nc2c1CCCCCCCCCC2. The van der Waals surface area contributed by atoms with Gasteiger partial charge >= 0.3 is 0 Å². The number of hydrogen-bond acceptors (Lipinski definition) is 4. The van der Waals surface area contributed by atoms with Crippen LogP contribution >= 0.6 is 15.9 Å². The van der Waals surface area contributed by atoms with Gasteiger partial charge in [0, 0.05) is 21.3 Å². The third kappa shape index (κ3) is 4.67. The number of nitrogens with zero attached hydrogens (tertiary/aromatic N) is 2. The lowest BCUT2D eigenvalue weighted by Crippen LogP contribution is -2.09. The molecule has 1 heterocycles. The van der Waals surface area contributed by atoms with Crippen molar-refractivity contribution < 1.29 is 4.74 Å². The van der Waals surface area contributed by atoms with Gasteiger partial charge in [-0.15, -0.1) is 0 Å². The van der Waals surface area contributed by atoms with E-state index in [0.29, 0.717) is 11.4 Å². The van der Waals surface area contributed by atoms with Crippen LogP contribution in [0.3, 0.4) is 0 Å². The highest BCUT2D eigenvalue weighted by Crippen LogP contribution is 2.40. The third-order valence-corrected chi connectivity index (χ3v) is 6.04. The van der Waals surface area contributed by atoms with Crippen LogP contribution in [0, 0.1) is 11.3 Å². The molecule has 2 N–H and O–H groups in total. The van der Waals surface area contributed by atoms with Gasteiger partial charge in [-0.2, -0.15) is 5.26 Å². The zero-order valence-corrected chi connectivity index (χ0v) is 18.1. The van der Waals surface area contributed by atoms with Gasteiger partial charge in [0.2, 0.25) is 0 Å². The van der Waals surface area contributed by atoms with E-state index >= 15 is 0 Å². The largest absolute Gasteiger partial charge is 0.496 e. The molecule has 0 amide bonds. The van der Waals surface area contributed by atoms with Gasteiger partial charge in [-0.25, -0.2) is 4.98 Å². The van der Waals surface area contributed by atoms with Crippen molar-refractivity contribution in [3.05, 3.63) is 39.5 Å². The second-order valence-electron chi connectivity index (χ2n) is 7.46. The first-order valence-corrected chi connectivity index (χ1v) is 11.0. The molecular weight excluding hydrogens is 414 g/mol. The van der Waals surface area contributed by atoms with Gasteiger partial charge < -0.3 is 10.5 Å². The number of hydrogen-bond donors (Lipinski definition) is 1. The molecular formula is C23H28BrN3O. The summed E-state index contributed by atoms with van der Waals surface area (Å²) in [5.41, 5.74) is 10.7. The highest BCUT2D eigenvalue weighted by molar-refractivity contribution is 9.10. The van der Waals surface area contributed by atoms with E-state index in [1.807, 2.05) is 18.2 Å². The number of methoxy groups -OCH3 is 1. The zero-order chi connectivity index (χ0) is 19.9. The van der Waals surface area contributed by atoms with Crippen molar-refractivity contribution in [2.75, 3.05) is 12.8 Å². The van der Waals surface area contributed by atoms with Crippen LogP contribution < -0.4 is 10.5 Å². The van der Waals surface area contributed by atoms with E-state index in [1.165, 1.54) is 44.1 Å². The second kappa shape index (κ2) is 9.93. The lowest BCUT2D eigenvalue weighted by atomic mass is 9.88. The summed E-state index contributed by atoms with van der Waals surface area (Å²) < 4.78 is 6.58. The Kier molecular flexibility index (Phi) is 7.33. The van der Waals surface area contributed by atoms with Crippen LogP contribution in [0.25, 0.3) is 11.1 Å². The number of nitrogen functional groups attached to an aromatic ring is 1. The first kappa shape index (κ1) is 20.7. The molecule has 0 saturated heterocycles. The average molecular weight is 442 g/mol. The number of halogens is 1. The Morgan fingerprint density at radius 3 is 2.32 bits per heavy atom. The third-order valence-electron chi connectivity index (χ3n) is 5.54. The Hall–Kier alpha value is -2.06. The maximum Gasteiger partial charge on any atom is 0.142 e. The maximum absolute atomic E-state index is 9.88. The van der Waals surface area contributed by atoms with Crippen molar-refractivity contribution in [3.8, 4) is 22.9 Å². The van der Waals surface area contributed by atoms with Crippen LogP contribution in [-0.4, -0.2) is 12.1 Å². The number of aromatic nitrogens is 1. The molecule has 1 aromatic heterocycles. The molecule has 0 aliphatic heterocycles. The van der Waals surface area contributed by atoms with Gasteiger partial charge in [0.05, 0.1) is 7.11 Å². The van der Waals surface area contributed by atoms with Crippen molar-refractivity contribution in [1.82, 2.24) is 4.98 Å². The van der Waals surface area contributed by atoms with Crippen molar-refractivity contribution in [1.29, 1.82) is 5.26 Å². The van der Waals surface area contributed by atoms with E-state index < -0.39 is 0 Å². The van der Waals surface area contributed by atoms with E-state index in [-0.39, 0.29) is 0 Å². The van der Waals surface area contributed by atoms with Gasteiger partial charge in [0.15, 0.2) is 0 Å². The minimum Gasteiger partial charge on any atom is -0.496 e. The molecule has 1 aromatic carbocycles. The number of aryl methyl sites for hydroxylation is 1. The van der Waals surface area contributed by atoms with Crippen LogP contribution in [0.4, 0.5) is 5.82 Å². The van der Waals surface area contributed by atoms with E-state index in [2.05, 4.69) is 27.0 Å². The molecule has 0 spiro atoms. The van der Waals surface area contributed by atoms with E-state index in [9.17, 15) is 5.26 Å². The molecule has 0 atom stereocenters. The number of anilines is 1.